The Hall–Kier alpha value is -0.100. The van der Waals surface area contributed by atoms with Crippen molar-refractivity contribution >= 4 is 22.6 Å². The van der Waals surface area contributed by atoms with Crippen LogP contribution in [0.5, 0.6) is 0 Å². The monoisotopic (exact) mass is 303 g/mol. The second-order valence-electron chi connectivity index (χ2n) is 4.82. The average Bonchev–Trinajstić information content (AvgIpc) is 2.39. The lowest BCUT2D eigenvalue weighted by atomic mass is 9.44. The predicted molar refractivity (Wildman–Crippen MR) is 63.1 cm³/mol. The highest BCUT2D eigenvalue weighted by Crippen LogP contribution is 2.64. The summed E-state index contributed by atoms with van der Waals surface area (Å²) in [5, 5.41) is 0. The van der Waals surface area contributed by atoms with Gasteiger partial charge in [-0.05, 0) is 41.9 Å². The maximum absolute atomic E-state index is 6.07. The highest BCUT2D eigenvalue weighted by Gasteiger charge is 2.67. The molecule has 0 saturated heterocycles. The molecular weight excluding hydrogens is 289 g/mol. The zero-order valence-electron chi connectivity index (χ0n) is 8.26. The van der Waals surface area contributed by atoms with Gasteiger partial charge in [-0.1, -0.05) is 6.92 Å². The summed E-state index contributed by atoms with van der Waals surface area (Å²) in [4.78, 5) is 4.53. The summed E-state index contributed by atoms with van der Waals surface area (Å²) < 4.78 is 3.49. The summed E-state index contributed by atoms with van der Waals surface area (Å²) in [6.45, 7) is 2.17. The van der Waals surface area contributed by atoms with Gasteiger partial charge in [-0.3, -0.25) is 0 Å². The summed E-state index contributed by atoms with van der Waals surface area (Å²) >= 11 is 2.29. The summed E-state index contributed by atoms with van der Waals surface area (Å²) in [7, 11) is 0. The molecule has 0 radical (unpaired) electrons. The molecule has 0 aromatic carbocycles. The van der Waals surface area contributed by atoms with E-state index < -0.39 is 0 Å². The molecule has 0 unspecified atom stereocenters. The van der Waals surface area contributed by atoms with Crippen molar-refractivity contribution in [3.63, 3.8) is 0 Å². The molecular formula is C10H14IN3. The minimum atomic E-state index is 0.181. The van der Waals surface area contributed by atoms with Crippen molar-refractivity contribution in [2.24, 2.45) is 5.73 Å². The smallest absolute Gasteiger partial charge is 0.119 e. The molecule has 0 aliphatic heterocycles. The Bertz CT molecular complexity index is 376. The fourth-order valence-electron chi connectivity index (χ4n) is 3.11. The Morgan fingerprint density at radius 1 is 1.57 bits per heavy atom. The molecule has 0 spiro atoms. The normalized spacial score (nSPS) is 39.1. The standard InChI is InChI=1S/C10H14IN3/c1-2-8-13-7(11)3-14(8)10-4-9(12,5-10)6-10/h3H,2,4-6,12H2,1H3. The van der Waals surface area contributed by atoms with Crippen LogP contribution in [-0.2, 0) is 12.0 Å². The fourth-order valence-corrected chi connectivity index (χ4v) is 3.67. The minimum Gasteiger partial charge on any atom is -0.327 e. The van der Waals surface area contributed by atoms with E-state index in [-0.39, 0.29) is 5.54 Å². The molecule has 3 saturated carbocycles. The van der Waals surface area contributed by atoms with E-state index >= 15 is 0 Å². The minimum absolute atomic E-state index is 0.181. The Morgan fingerprint density at radius 3 is 2.71 bits per heavy atom. The lowest BCUT2D eigenvalue weighted by Gasteiger charge is -2.69. The number of imidazole rings is 1. The number of aryl methyl sites for hydroxylation is 1. The van der Waals surface area contributed by atoms with Gasteiger partial charge in [-0.15, -0.1) is 0 Å². The van der Waals surface area contributed by atoms with E-state index in [4.69, 9.17) is 5.73 Å². The SMILES string of the molecule is CCc1nc(I)cn1C12CC(N)(C1)C2. The van der Waals surface area contributed by atoms with Gasteiger partial charge in [0.2, 0.25) is 0 Å². The molecule has 14 heavy (non-hydrogen) atoms. The van der Waals surface area contributed by atoms with Crippen molar-refractivity contribution in [1.29, 1.82) is 0 Å². The molecule has 1 aromatic heterocycles. The van der Waals surface area contributed by atoms with E-state index in [0.29, 0.717) is 5.54 Å². The van der Waals surface area contributed by atoms with Crippen LogP contribution >= 0.6 is 22.6 Å². The predicted octanol–water partition coefficient (Wildman–Crippen LogP) is 1.64. The van der Waals surface area contributed by atoms with E-state index in [0.717, 1.165) is 29.4 Å². The topological polar surface area (TPSA) is 43.8 Å². The van der Waals surface area contributed by atoms with Gasteiger partial charge in [0.25, 0.3) is 0 Å². The first-order chi connectivity index (χ1) is 6.57. The summed E-state index contributed by atoms with van der Waals surface area (Å²) in [5.41, 5.74) is 6.61. The zero-order valence-corrected chi connectivity index (χ0v) is 10.4. The zero-order chi connectivity index (χ0) is 9.97. The van der Waals surface area contributed by atoms with Gasteiger partial charge in [0.15, 0.2) is 0 Å². The first-order valence-corrected chi connectivity index (χ1v) is 6.18. The van der Waals surface area contributed by atoms with Gasteiger partial charge in [0.05, 0.1) is 5.54 Å². The number of aromatic nitrogens is 2. The molecule has 3 aliphatic rings. The van der Waals surface area contributed by atoms with Gasteiger partial charge in [0, 0.05) is 18.2 Å². The van der Waals surface area contributed by atoms with Crippen molar-refractivity contribution in [3.8, 4) is 0 Å². The summed E-state index contributed by atoms with van der Waals surface area (Å²) in [5.74, 6) is 1.22. The summed E-state index contributed by atoms with van der Waals surface area (Å²) in [6, 6.07) is 0. The number of hydrogen-bond acceptors (Lipinski definition) is 2. The van der Waals surface area contributed by atoms with Crippen LogP contribution in [0.25, 0.3) is 0 Å². The van der Waals surface area contributed by atoms with Crippen LogP contribution in [0.1, 0.15) is 32.0 Å². The first-order valence-electron chi connectivity index (χ1n) is 5.10. The van der Waals surface area contributed by atoms with Crippen molar-refractivity contribution < 1.29 is 0 Å². The third kappa shape index (κ3) is 0.984. The Labute approximate surface area is 97.2 Å². The lowest BCUT2D eigenvalue weighted by Crippen LogP contribution is -2.76. The summed E-state index contributed by atoms with van der Waals surface area (Å²) in [6.07, 6.45) is 6.65. The molecule has 2 bridgehead atoms. The molecule has 1 aromatic rings. The van der Waals surface area contributed by atoms with E-state index in [1.807, 2.05) is 0 Å². The number of hydrogen-bond donors (Lipinski definition) is 1. The Kier molecular flexibility index (Phi) is 1.65. The van der Waals surface area contributed by atoms with Crippen LogP contribution in [-0.4, -0.2) is 15.1 Å². The lowest BCUT2D eigenvalue weighted by molar-refractivity contribution is -0.116. The van der Waals surface area contributed by atoms with E-state index in [2.05, 4.69) is 45.3 Å². The van der Waals surface area contributed by atoms with Crippen LogP contribution in [0.15, 0.2) is 6.20 Å². The Morgan fingerprint density at radius 2 is 2.21 bits per heavy atom. The van der Waals surface area contributed by atoms with Crippen molar-refractivity contribution in [1.82, 2.24) is 9.55 Å². The number of halogens is 1. The van der Waals surface area contributed by atoms with E-state index in [1.54, 1.807) is 0 Å². The Balaban J connectivity index is 1.97. The number of nitrogens with zero attached hydrogens (tertiary/aromatic N) is 2. The van der Waals surface area contributed by atoms with E-state index in [9.17, 15) is 0 Å². The van der Waals surface area contributed by atoms with Gasteiger partial charge in [-0.2, -0.15) is 0 Å². The second kappa shape index (κ2) is 2.52. The first kappa shape index (κ1) is 9.15. The average molecular weight is 303 g/mol. The van der Waals surface area contributed by atoms with E-state index in [1.165, 1.54) is 5.82 Å². The van der Waals surface area contributed by atoms with Crippen molar-refractivity contribution in [2.75, 3.05) is 0 Å². The quantitative estimate of drug-likeness (QED) is 0.844. The van der Waals surface area contributed by atoms with Gasteiger partial charge in [0.1, 0.15) is 9.53 Å². The third-order valence-electron chi connectivity index (χ3n) is 3.62. The molecule has 0 amide bonds. The molecule has 76 valence electrons. The molecule has 1 heterocycles. The largest absolute Gasteiger partial charge is 0.327 e. The molecule has 3 aliphatic carbocycles. The molecule has 4 heteroatoms. The number of rotatable bonds is 2. The number of nitrogens with two attached hydrogens (primary N) is 1. The van der Waals surface area contributed by atoms with Gasteiger partial charge >= 0.3 is 0 Å². The fraction of sp³-hybridized carbons (Fsp3) is 0.700. The van der Waals surface area contributed by atoms with Crippen LogP contribution in [0.3, 0.4) is 0 Å². The molecule has 3 nitrogen and oxygen atoms in total. The maximum atomic E-state index is 6.07. The second-order valence-corrected chi connectivity index (χ2v) is 5.93. The van der Waals surface area contributed by atoms with Gasteiger partial charge < -0.3 is 10.3 Å². The van der Waals surface area contributed by atoms with Crippen molar-refractivity contribution in [3.05, 3.63) is 15.7 Å². The van der Waals surface area contributed by atoms with Crippen LogP contribution < -0.4 is 5.73 Å². The van der Waals surface area contributed by atoms with Crippen LogP contribution in [0, 0.1) is 3.70 Å². The van der Waals surface area contributed by atoms with Crippen molar-refractivity contribution in [2.45, 2.75) is 43.7 Å². The third-order valence-corrected chi connectivity index (χ3v) is 4.14. The molecule has 0 atom stereocenters. The maximum Gasteiger partial charge on any atom is 0.119 e. The molecule has 2 N–H and O–H groups in total. The van der Waals surface area contributed by atoms with Crippen LogP contribution in [0.2, 0.25) is 0 Å². The highest BCUT2D eigenvalue weighted by atomic mass is 127. The molecule has 3 fully saturated rings. The van der Waals surface area contributed by atoms with Gasteiger partial charge in [-0.25, -0.2) is 4.98 Å². The molecule has 4 rings (SSSR count). The highest BCUT2D eigenvalue weighted by molar-refractivity contribution is 14.1. The van der Waals surface area contributed by atoms with Crippen LogP contribution in [0.4, 0.5) is 0 Å².